The molecule has 0 saturated heterocycles. The first-order valence-corrected chi connectivity index (χ1v) is 10.7. The maximum absolute atomic E-state index is 4.74. The van der Waals surface area contributed by atoms with Crippen molar-refractivity contribution < 1.29 is 0 Å². The van der Waals surface area contributed by atoms with Crippen LogP contribution in [0.5, 0.6) is 0 Å². The summed E-state index contributed by atoms with van der Waals surface area (Å²) in [5, 5.41) is 5.72. The number of rotatable bonds is 5. The van der Waals surface area contributed by atoms with Crippen molar-refractivity contribution in [1.29, 1.82) is 0 Å². The van der Waals surface area contributed by atoms with Crippen molar-refractivity contribution in [1.82, 2.24) is 15.0 Å². The topological polar surface area (TPSA) is 50.7 Å². The maximum Gasteiger partial charge on any atom is 0.134 e. The molecule has 0 radical (unpaired) electrons. The Labute approximate surface area is 188 Å². The number of hydrogen-bond donors (Lipinski definition) is 1. The summed E-state index contributed by atoms with van der Waals surface area (Å²) in [6, 6.07) is 25.0. The molecule has 0 aliphatic rings. The fourth-order valence-electron chi connectivity index (χ4n) is 4.02. The fraction of sp³-hybridized carbons (Fsp3) is 0.107. The van der Waals surface area contributed by atoms with Crippen LogP contribution in [-0.2, 0) is 6.54 Å². The second-order valence-corrected chi connectivity index (χ2v) is 8.04. The quantitative estimate of drug-likeness (QED) is 0.351. The molecule has 0 amide bonds. The largest absolute Gasteiger partial charge is 0.365 e. The molecule has 0 fully saturated rings. The molecule has 1 N–H and O–H groups in total. The molecule has 4 nitrogen and oxygen atoms in total. The number of nitrogens with one attached hydrogen (secondary N) is 1. The molecule has 0 aliphatic heterocycles. The van der Waals surface area contributed by atoms with Crippen molar-refractivity contribution in [2.24, 2.45) is 0 Å². The minimum Gasteiger partial charge on any atom is -0.365 e. The first-order chi connectivity index (χ1) is 15.7. The smallest absolute Gasteiger partial charge is 0.134 e. The number of pyridine rings is 3. The molecule has 0 unspecified atom stereocenters. The Morgan fingerprint density at radius 3 is 2.50 bits per heavy atom. The van der Waals surface area contributed by atoms with Crippen LogP contribution in [0.3, 0.4) is 0 Å². The van der Waals surface area contributed by atoms with Crippen LogP contribution in [0.1, 0.15) is 16.7 Å². The number of benzene rings is 2. The standard InChI is InChI=1S/C28H24N4/c1-19-6-5-7-24(14-19)27-20(2)15-21(17-31-27)18-32-28-25-10-9-23(16-22(25)11-13-30-28)26-8-3-4-12-29-26/h3-17H,18H2,1-2H3,(H,30,32). The molecule has 5 rings (SSSR count). The maximum atomic E-state index is 4.74. The summed E-state index contributed by atoms with van der Waals surface area (Å²) in [4.78, 5) is 13.8. The van der Waals surface area contributed by atoms with Gasteiger partial charge in [0.25, 0.3) is 0 Å². The Morgan fingerprint density at radius 1 is 0.750 bits per heavy atom. The molecular weight excluding hydrogens is 392 g/mol. The van der Waals surface area contributed by atoms with E-state index < -0.39 is 0 Å². The summed E-state index contributed by atoms with van der Waals surface area (Å²) in [5.74, 6) is 0.871. The van der Waals surface area contributed by atoms with E-state index in [-0.39, 0.29) is 0 Å². The predicted molar refractivity (Wildman–Crippen MR) is 131 cm³/mol. The summed E-state index contributed by atoms with van der Waals surface area (Å²) in [6.45, 7) is 4.88. The van der Waals surface area contributed by atoms with Gasteiger partial charge in [-0.25, -0.2) is 4.98 Å². The highest BCUT2D eigenvalue weighted by molar-refractivity contribution is 5.94. The predicted octanol–water partition coefficient (Wildman–Crippen LogP) is 6.59. The number of nitrogens with zero attached hydrogens (tertiary/aromatic N) is 3. The lowest BCUT2D eigenvalue weighted by molar-refractivity contribution is 1.08. The SMILES string of the molecule is Cc1cccc(-c2ncc(CNc3nccc4cc(-c5ccccn5)ccc34)cc2C)c1. The van der Waals surface area contributed by atoms with Gasteiger partial charge >= 0.3 is 0 Å². The third-order valence-electron chi connectivity index (χ3n) is 5.61. The number of anilines is 1. The van der Waals surface area contributed by atoms with Gasteiger partial charge in [0.2, 0.25) is 0 Å². The van der Waals surface area contributed by atoms with E-state index in [1.54, 1.807) is 0 Å². The molecular formula is C28H24N4. The lowest BCUT2D eigenvalue weighted by atomic mass is 10.0. The van der Waals surface area contributed by atoms with Crippen molar-refractivity contribution in [2.75, 3.05) is 5.32 Å². The molecule has 0 atom stereocenters. The normalized spacial score (nSPS) is 10.9. The monoisotopic (exact) mass is 416 g/mol. The van der Waals surface area contributed by atoms with Gasteiger partial charge in [-0.1, -0.05) is 42.0 Å². The second kappa shape index (κ2) is 8.60. The van der Waals surface area contributed by atoms with Crippen LogP contribution in [0.25, 0.3) is 33.3 Å². The Morgan fingerprint density at radius 2 is 1.69 bits per heavy atom. The van der Waals surface area contributed by atoms with E-state index in [1.807, 2.05) is 42.9 Å². The van der Waals surface area contributed by atoms with E-state index in [9.17, 15) is 0 Å². The van der Waals surface area contributed by atoms with Crippen LogP contribution in [0, 0.1) is 13.8 Å². The van der Waals surface area contributed by atoms with E-state index in [0.717, 1.165) is 44.7 Å². The highest BCUT2D eigenvalue weighted by atomic mass is 15.0. The Balaban J connectivity index is 1.38. The van der Waals surface area contributed by atoms with Gasteiger partial charge in [-0.15, -0.1) is 0 Å². The zero-order chi connectivity index (χ0) is 21.9. The highest BCUT2D eigenvalue weighted by Gasteiger charge is 2.08. The summed E-state index contributed by atoms with van der Waals surface area (Å²) < 4.78 is 0. The molecule has 2 aromatic carbocycles. The van der Waals surface area contributed by atoms with Gasteiger partial charge in [-0.2, -0.15) is 0 Å². The number of aryl methyl sites for hydroxylation is 2. The summed E-state index contributed by atoms with van der Waals surface area (Å²) in [7, 11) is 0. The summed E-state index contributed by atoms with van der Waals surface area (Å²) in [5.41, 5.74) is 7.79. The average molecular weight is 417 g/mol. The number of hydrogen-bond acceptors (Lipinski definition) is 4. The number of fused-ring (bicyclic) bond motifs is 1. The molecule has 3 aromatic heterocycles. The molecule has 32 heavy (non-hydrogen) atoms. The minimum atomic E-state index is 0.663. The van der Waals surface area contributed by atoms with Crippen molar-refractivity contribution in [3.05, 3.63) is 108 Å². The van der Waals surface area contributed by atoms with Gasteiger partial charge in [-0.3, -0.25) is 9.97 Å². The van der Waals surface area contributed by atoms with Gasteiger partial charge in [0, 0.05) is 41.6 Å². The number of aromatic nitrogens is 3. The lowest BCUT2D eigenvalue weighted by Crippen LogP contribution is -2.03. The van der Waals surface area contributed by atoms with E-state index in [4.69, 9.17) is 4.98 Å². The third kappa shape index (κ3) is 4.08. The van der Waals surface area contributed by atoms with Gasteiger partial charge in [0.1, 0.15) is 5.82 Å². The van der Waals surface area contributed by atoms with Crippen molar-refractivity contribution in [3.63, 3.8) is 0 Å². The fourth-order valence-corrected chi connectivity index (χ4v) is 4.02. The van der Waals surface area contributed by atoms with Crippen LogP contribution < -0.4 is 5.32 Å². The molecule has 156 valence electrons. The Kier molecular flexibility index (Phi) is 5.34. The molecule has 0 bridgehead atoms. The Hall–Kier alpha value is -4.05. The molecule has 4 heteroatoms. The van der Waals surface area contributed by atoms with Gasteiger partial charge < -0.3 is 5.32 Å². The van der Waals surface area contributed by atoms with Crippen LogP contribution in [0.4, 0.5) is 5.82 Å². The molecule has 0 aliphatic carbocycles. The second-order valence-electron chi connectivity index (χ2n) is 8.04. The van der Waals surface area contributed by atoms with E-state index in [2.05, 4.69) is 77.7 Å². The van der Waals surface area contributed by atoms with Gasteiger partial charge in [0.05, 0.1) is 11.4 Å². The van der Waals surface area contributed by atoms with Crippen LogP contribution in [-0.4, -0.2) is 15.0 Å². The van der Waals surface area contributed by atoms with Crippen LogP contribution >= 0.6 is 0 Å². The van der Waals surface area contributed by atoms with E-state index in [1.165, 1.54) is 11.1 Å². The Bertz CT molecular complexity index is 1390. The molecule has 0 spiro atoms. The first-order valence-electron chi connectivity index (χ1n) is 10.7. The molecule has 0 saturated carbocycles. The molecule has 3 heterocycles. The van der Waals surface area contributed by atoms with Crippen LogP contribution in [0.15, 0.2) is 91.4 Å². The average Bonchev–Trinajstić information content (AvgIpc) is 2.83. The highest BCUT2D eigenvalue weighted by Crippen LogP contribution is 2.27. The zero-order valence-electron chi connectivity index (χ0n) is 18.2. The molecule has 5 aromatic rings. The summed E-state index contributed by atoms with van der Waals surface area (Å²) >= 11 is 0. The van der Waals surface area contributed by atoms with E-state index in [0.29, 0.717) is 6.54 Å². The summed E-state index contributed by atoms with van der Waals surface area (Å²) in [6.07, 6.45) is 5.61. The first kappa shape index (κ1) is 19.9. The van der Waals surface area contributed by atoms with Crippen molar-refractivity contribution in [3.8, 4) is 22.5 Å². The van der Waals surface area contributed by atoms with Crippen molar-refractivity contribution in [2.45, 2.75) is 20.4 Å². The van der Waals surface area contributed by atoms with Crippen molar-refractivity contribution >= 4 is 16.6 Å². The van der Waals surface area contributed by atoms with Crippen LogP contribution in [0.2, 0.25) is 0 Å². The van der Waals surface area contributed by atoms with Gasteiger partial charge in [-0.05, 0) is 66.8 Å². The third-order valence-corrected chi connectivity index (χ3v) is 5.61. The van der Waals surface area contributed by atoms with E-state index >= 15 is 0 Å². The van der Waals surface area contributed by atoms with Gasteiger partial charge in [0.15, 0.2) is 0 Å². The minimum absolute atomic E-state index is 0.663. The zero-order valence-corrected chi connectivity index (χ0v) is 18.2. The lowest BCUT2D eigenvalue weighted by Gasteiger charge is -2.12.